The number of amides is 2. The number of halogens is 3. The predicted octanol–water partition coefficient (Wildman–Crippen LogP) is 2.49. The number of nitrogens with zero attached hydrogens (tertiary/aromatic N) is 1. The minimum Gasteiger partial charge on any atom is -0.398 e. The standard InChI is InChI=1S/C14H7F3N2O2/c15-7-4-9(17)11(5-8(7)16)19-13(20)6-2-1-3-10(18)12(6)14(19)21/h1-5H,18H2. The van der Waals surface area contributed by atoms with Gasteiger partial charge >= 0.3 is 0 Å². The predicted molar refractivity (Wildman–Crippen MR) is 68.3 cm³/mol. The zero-order valence-electron chi connectivity index (χ0n) is 10.4. The summed E-state index contributed by atoms with van der Waals surface area (Å²) >= 11 is 0. The van der Waals surface area contributed by atoms with E-state index in [4.69, 9.17) is 5.73 Å². The highest BCUT2D eigenvalue weighted by molar-refractivity contribution is 6.36. The van der Waals surface area contributed by atoms with Crippen LogP contribution in [0.5, 0.6) is 0 Å². The van der Waals surface area contributed by atoms with Crippen LogP contribution >= 0.6 is 0 Å². The minimum absolute atomic E-state index is 0.0101. The van der Waals surface area contributed by atoms with Crippen LogP contribution in [0.4, 0.5) is 24.5 Å². The van der Waals surface area contributed by atoms with Crippen molar-refractivity contribution in [1.82, 2.24) is 0 Å². The third-order valence-corrected chi connectivity index (χ3v) is 3.18. The van der Waals surface area contributed by atoms with Crippen LogP contribution in [0, 0.1) is 17.5 Å². The molecule has 0 saturated heterocycles. The van der Waals surface area contributed by atoms with Crippen LogP contribution in [-0.4, -0.2) is 11.8 Å². The molecule has 2 aromatic rings. The second-order valence-corrected chi connectivity index (χ2v) is 4.43. The molecule has 1 aliphatic heterocycles. The van der Waals surface area contributed by atoms with Gasteiger partial charge in [0.15, 0.2) is 17.5 Å². The largest absolute Gasteiger partial charge is 0.398 e. The summed E-state index contributed by atoms with van der Waals surface area (Å²) in [4.78, 5) is 24.8. The molecule has 2 N–H and O–H groups in total. The number of nitrogens with two attached hydrogens (primary N) is 1. The molecule has 1 aliphatic rings. The Kier molecular flexibility index (Phi) is 2.72. The molecule has 0 aliphatic carbocycles. The number of carbonyl (C=O) groups excluding carboxylic acids is 2. The van der Waals surface area contributed by atoms with Gasteiger partial charge in [0.2, 0.25) is 0 Å². The maximum absolute atomic E-state index is 13.8. The maximum Gasteiger partial charge on any atom is 0.268 e. The average Bonchev–Trinajstić information content (AvgIpc) is 2.68. The molecule has 106 valence electrons. The van der Waals surface area contributed by atoms with Crippen molar-refractivity contribution in [2.24, 2.45) is 0 Å². The van der Waals surface area contributed by atoms with E-state index in [2.05, 4.69) is 0 Å². The van der Waals surface area contributed by atoms with Crippen molar-refractivity contribution in [3.05, 3.63) is 58.9 Å². The molecule has 0 saturated carbocycles. The Labute approximate surface area is 116 Å². The van der Waals surface area contributed by atoms with Gasteiger partial charge in [-0.2, -0.15) is 0 Å². The van der Waals surface area contributed by atoms with Gasteiger partial charge in [0.25, 0.3) is 11.8 Å². The molecule has 0 bridgehead atoms. The van der Waals surface area contributed by atoms with Crippen LogP contribution in [0.3, 0.4) is 0 Å². The normalized spacial score (nSPS) is 13.8. The highest BCUT2D eigenvalue weighted by atomic mass is 19.2. The lowest BCUT2D eigenvalue weighted by atomic mass is 10.1. The zero-order valence-corrected chi connectivity index (χ0v) is 10.4. The molecule has 0 fully saturated rings. The fraction of sp³-hybridized carbons (Fsp3) is 0. The number of rotatable bonds is 1. The Morgan fingerprint density at radius 1 is 0.905 bits per heavy atom. The SMILES string of the molecule is Nc1cccc2c1C(=O)N(c1cc(F)c(F)cc1F)C2=O. The molecular formula is C14H7F3N2O2. The first kappa shape index (κ1) is 13.2. The lowest BCUT2D eigenvalue weighted by Gasteiger charge is -2.15. The quantitative estimate of drug-likeness (QED) is 0.499. The highest BCUT2D eigenvalue weighted by Gasteiger charge is 2.39. The van der Waals surface area contributed by atoms with Crippen LogP contribution < -0.4 is 10.6 Å². The van der Waals surface area contributed by atoms with E-state index in [-0.39, 0.29) is 22.9 Å². The minimum atomic E-state index is -1.41. The molecule has 21 heavy (non-hydrogen) atoms. The molecule has 3 rings (SSSR count). The summed E-state index contributed by atoms with van der Waals surface area (Å²) in [5.41, 5.74) is 4.94. The number of carbonyl (C=O) groups is 2. The van der Waals surface area contributed by atoms with E-state index in [1.54, 1.807) is 0 Å². The van der Waals surface area contributed by atoms with E-state index in [1.807, 2.05) is 0 Å². The van der Waals surface area contributed by atoms with Crippen LogP contribution in [0.15, 0.2) is 30.3 Å². The van der Waals surface area contributed by atoms with Gasteiger partial charge in [-0.05, 0) is 12.1 Å². The molecule has 0 aromatic heterocycles. The Morgan fingerprint density at radius 2 is 1.57 bits per heavy atom. The lowest BCUT2D eigenvalue weighted by molar-refractivity contribution is 0.0925. The van der Waals surface area contributed by atoms with Crippen LogP contribution in [0.2, 0.25) is 0 Å². The third kappa shape index (κ3) is 1.78. The first-order chi connectivity index (χ1) is 9.91. The Balaban J connectivity index is 2.19. The zero-order chi connectivity index (χ0) is 15.3. The highest BCUT2D eigenvalue weighted by Crippen LogP contribution is 2.33. The third-order valence-electron chi connectivity index (χ3n) is 3.18. The van der Waals surface area contributed by atoms with Crippen LogP contribution in [0.1, 0.15) is 20.7 Å². The monoisotopic (exact) mass is 292 g/mol. The Morgan fingerprint density at radius 3 is 2.24 bits per heavy atom. The molecule has 7 heteroatoms. The van der Waals surface area contributed by atoms with Crippen molar-refractivity contribution in [2.45, 2.75) is 0 Å². The summed E-state index contributed by atoms with van der Waals surface area (Å²) in [5.74, 6) is -5.71. The van der Waals surface area contributed by atoms with Gasteiger partial charge in [-0.1, -0.05) is 6.07 Å². The number of fused-ring (bicyclic) bond motifs is 1. The van der Waals surface area contributed by atoms with Crippen molar-refractivity contribution in [2.75, 3.05) is 10.6 Å². The van der Waals surface area contributed by atoms with E-state index < -0.39 is 35.0 Å². The van der Waals surface area contributed by atoms with Gasteiger partial charge in [-0.15, -0.1) is 0 Å². The number of hydrogen-bond acceptors (Lipinski definition) is 3. The number of hydrogen-bond donors (Lipinski definition) is 1. The number of imide groups is 1. The van der Waals surface area contributed by atoms with Crippen molar-refractivity contribution >= 4 is 23.2 Å². The van der Waals surface area contributed by atoms with Gasteiger partial charge in [-0.25, -0.2) is 18.1 Å². The van der Waals surface area contributed by atoms with Gasteiger partial charge < -0.3 is 5.73 Å². The van der Waals surface area contributed by atoms with Crippen molar-refractivity contribution in [1.29, 1.82) is 0 Å². The second kappa shape index (κ2) is 4.34. The van der Waals surface area contributed by atoms with E-state index in [0.29, 0.717) is 11.0 Å². The van der Waals surface area contributed by atoms with Crippen molar-refractivity contribution in [3.8, 4) is 0 Å². The van der Waals surface area contributed by atoms with Crippen molar-refractivity contribution < 1.29 is 22.8 Å². The summed E-state index contributed by atoms with van der Waals surface area (Å²) in [6, 6.07) is 4.96. The number of nitrogen functional groups attached to an aromatic ring is 1. The maximum atomic E-state index is 13.8. The molecule has 0 atom stereocenters. The molecular weight excluding hydrogens is 285 g/mol. The van der Waals surface area contributed by atoms with Crippen molar-refractivity contribution in [3.63, 3.8) is 0 Å². The van der Waals surface area contributed by atoms with Gasteiger partial charge in [0, 0.05) is 17.8 Å². The molecule has 0 spiro atoms. The fourth-order valence-electron chi connectivity index (χ4n) is 2.21. The lowest BCUT2D eigenvalue weighted by Crippen LogP contribution is -2.30. The van der Waals surface area contributed by atoms with E-state index >= 15 is 0 Å². The van der Waals surface area contributed by atoms with Gasteiger partial charge in [0.05, 0.1) is 16.8 Å². The first-order valence-electron chi connectivity index (χ1n) is 5.83. The van der Waals surface area contributed by atoms with Gasteiger partial charge in [0.1, 0.15) is 0 Å². The molecule has 0 radical (unpaired) electrons. The van der Waals surface area contributed by atoms with E-state index in [1.165, 1.54) is 18.2 Å². The Bertz CT molecular complexity index is 805. The molecule has 0 unspecified atom stereocenters. The van der Waals surface area contributed by atoms with Crippen LogP contribution in [0.25, 0.3) is 0 Å². The topological polar surface area (TPSA) is 63.4 Å². The average molecular weight is 292 g/mol. The summed E-state index contributed by atoms with van der Waals surface area (Å²) in [6.45, 7) is 0. The van der Waals surface area contributed by atoms with E-state index in [9.17, 15) is 22.8 Å². The molecule has 2 aromatic carbocycles. The summed E-state index contributed by atoms with van der Waals surface area (Å²) in [7, 11) is 0. The fourth-order valence-corrected chi connectivity index (χ4v) is 2.21. The van der Waals surface area contributed by atoms with Crippen LogP contribution in [-0.2, 0) is 0 Å². The smallest absolute Gasteiger partial charge is 0.268 e. The number of anilines is 2. The summed E-state index contributed by atoms with van der Waals surface area (Å²) < 4.78 is 40.0. The van der Waals surface area contributed by atoms with E-state index in [0.717, 1.165) is 0 Å². The number of benzene rings is 2. The molecule has 1 heterocycles. The second-order valence-electron chi connectivity index (χ2n) is 4.43. The summed E-state index contributed by atoms with van der Waals surface area (Å²) in [6.07, 6.45) is 0. The summed E-state index contributed by atoms with van der Waals surface area (Å²) in [5, 5.41) is 0. The molecule has 2 amide bonds. The Hall–Kier alpha value is -2.83. The first-order valence-corrected chi connectivity index (χ1v) is 5.83. The van der Waals surface area contributed by atoms with Gasteiger partial charge in [-0.3, -0.25) is 9.59 Å². The molecule has 4 nitrogen and oxygen atoms in total.